The van der Waals surface area contributed by atoms with Crippen molar-refractivity contribution in [3.05, 3.63) is 106 Å². The number of nitrogens with one attached hydrogen (secondary N) is 1. The molecule has 0 unspecified atom stereocenters. The summed E-state index contributed by atoms with van der Waals surface area (Å²) in [5.41, 5.74) is 4.10. The van der Waals surface area contributed by atoms with Crippen LogP contribution >= 0.6 is 55.4 Å². The zero-order chi connectivity index (χ0) is 29.6. The van der Waals surface area contributed by atoms with Gasteiger partial charge < -0.3 is 14.8 Å². The number of alkyl halides is 2. The molecule has 0 radical (unpaired) electrons. The van der Waals surface area contributed by atoms with E-state index in [1.165, 1.54) is 28.4 Å². The molecule has 7 nitrogen and oxygen atoms in total. The molecule has 2 atom stereocenters. The maximum absolute atomic E-state index is 13.6. The van der Waals surface area contributed by atoms with Crippen LogP contribution in [0, 0.1) is 0 Å². The van der Waals surface area contributed by atoms with Crippen molar-refractivity contribution >= 4 is 73.2 Å². The van der Waals surface area contributed by atoms with Crippen LogP contribution in [0.4, 0.5) is 0 Å². The number of ether oxygens (including phenoxy) is 2. The van der Waals surface area contributed by atoms with Crippen LogP contribution in [-0.2, 0) is 42.8 Å². The number of carbonyl (C=O) groups is 3. The SMILES string of the molecule is COc1ccc(COC(=O)C2=C(Sc3ccccc3CBr)CS[C@@H]3[C@H](NC(=O)Cc4ccc(CBr)cc4)C(=O)N23)cc1. The summed E-state index contributed by atoms with van der Waals surface area (Å²) in [6, 6.07) is 22.2. The van der Waals surface area contributed by atoms with E-state index in [9.17, 15) is 14.4 Å². The molecule has 0 bridgehead atoms. The first-order chi connectivity index (χ1) is 20.4. The van der Waals surface area contributed by atoms with Crippen molar-refractivity contribution in [3.63, 3.8) is 0 Å². The number of rotatable bonds is 11. The van der Waals surface area contributed by atoms with Gasteiger partial charge in [-0.15, -0.1) is 11.8 Å². The molecule has 5 rings (SSSR count). The molecular weight excluding hydrogens is 704 g/mol. The minimum Gasteiger partial charge on any atom is -0.497 e. The van der Waals surface area contributed by atoms with Gasteiger partial charge in [-0.05, 0) is 40.5 Å². The van der Waals surface area contributed by atoms with Gasteiger partial charge in [0.15, 0.2) is 0 Å². The standard InChI is InChI=1S/C31H28Br2N2O5S2/c1-39-23-12-10-21(11-13-23)17-40-31(38)28-25(42-24-5-3-2-4-22(24)16-33)18-41-30-27(29(37)35(28)30)34-26(36)14-19-6-8-20(15-32)9-7-19/h2-13,27,30H,14-18H2,1H3,(H,34,36)/t27-,30-/m1/s1. The highest BCUT2D eigenvalue weighted by atomic mass is 79.9. The van der Waals surface area contributed by atoms with Crippen molar-refractivity contribution in [2.24, 2.45) is 0 Å². The second kappa shape index (κ2) is 14.2. The van der Waals surface area contributed by atoms with Gasteiger partial charge in [0.2, 0.25) is 5.91 Å². The summed E-state index contributed by atoms with van der Waals surface area (Å²) in [6.07, 6.45) is 0.167. The highest BCUT2D eigenvalue weighted by molar-refractivity contribution is 9.08. The second-order valence-corrected chi connectivity index (χ2v) is 13.0. The van der Waals surface area contributed by atoms with Crippen molar-refractivity contribution in [1.82, 2.24) is 10.2 Å². The third-order valence-electron chi connectivity index (χ3n) is 6.86. The number of β-lactam (4-membered cyclic amide) rings is 1. The highest BCUT2D eigenvalue weighted by Crippen LogP contribution is 2.46. The van der Waals surface area contributed by atoms with Gasteiger partial charge in [0.1, 0.15) is 29.5 Å². The molecule has 42 heavy (non-hydrogen) atoms. The summed E-state index contributed by atoms with van der Waals surface area (Å²) in [5.74, 6) is 0.0835. The molecule has 2 aliphatic heterocycles. The van der Waals surface area contributed by atoms with E-state index in [1.54, 1.807) is 19.2 Å². The molecular formula is C31H28Br2N2O5S2. The topological polar surface area (TPSA) is 84.9 Å². The van der Waals surface area contributed by atoms with Gasteiger partial charge in [-0.3, -0.25) is 14.5 Å². The quantitative estimate of drug-likeness (QED) is 0.143. The average molecular weight is 733 g/mol. The van der Waals surface area contributed by atoms with Crippen molar-refractivity contribution in [3.8, 4) is 5.75 Å². The number of benzene rings is 3. The Bertz CT molecular complexity index is 1500. The minimum absolute atomic E-state index is 0.0517. The number of esters is 1. The zero-order valence-electron chi connectivity index (χ0n) is 22.7. The number of halogens is 2. The van der Waals surface area contributed by atoms with Crippen LogP contribution < -0.4 is 10.1 Å². The number of carbonyl (C=O) groups excluding carboxylic acids is 3. The number of amides is 2. The minimum atomic E-state index is -0.713. The molecule has 1 saturated heterocycles. The third-order valence-corrected chi connectivity index (χ3v) is 10.8. The van der Waals surface area contributed by atoms with E-state index in [0.717, 1.165) is 37.4 Å². The summed E-state index contributed by atoms with van der Waals surface area (Å²) in [7, 11) is 1.59. The van der Waals surface area contributed by atoms with Crippen molar-refractivity contribution < 1.29 is 23.9 Å². The van der Waals surface area contributed by atoms with Crippen molar-refractivity contribution in [1.29, 1.82) is 0 Å². The monoisotopic (exact) mass is 730 g/mol. The Balaban J connectivity index is 1.34. The molecule has 0 aromatic heterocycles. The molecule has 2 heterocycles. The number of nitrogens with zero attached hydrogens (tertiary/aromatic N) is 1. The number of hydrogen-bond donors (Lipinski definition) is 1. The predicted molar refractivity (Wildman–Crippen MR) is 173 cm³/mol. The van der Waals surface area contributed by atoms with E-state index in [2.05, 4.69) is 37.2 Å². The Kier molecular flexibility index (Phi) is 10.4. The van der Waals surface area contributed by atoms with E-state index in [-0.39, 0.29) is 30.5 Å². The zero-order valence-corrected chi connectivity index (χ0v) is 27.5. The van der Waals surface area contributed by atoms with Gasteiger partial charge in [0.25, 0.3) is 5.91 Å². The third kappa shape index (κ3) is 6.90. The molecule has 1 N–H and O–H groups in total. The Labute approximate surface area is 270 Å². The highest BCUT2D eigenvalue weighted by Gasteiger charge is 2.54. The van der Waals surface area contributed by atoms with Crippen LogP contribution in [0.25, 0.3) is 0 Å². The molecule has 1 fully saturated rings. The lowest BCUT2D eigenvalue weighted by molar-refractivity contribution is -0.153. The number of thioether (sulfide) groups is 2. The fourth-order valence-electron chi connectivity index (χ4n) is 4.60. The summed E-state index contributed by atoms with van der Waals surface area (Å²) in [5, 5.41) is 3.90. The van der Waals surface area contributed by atoms with Gasteiger partial charge in [0, 0.05) is 26.2 Å². The number of hydrogen-bond acceptors (Lipinski definition) is 7. The van der Waals surface area contributed by atoms with Gasteiger partial charge in [-0.2, -0.15) is 0 Å². The van der Waals surface area contributed by atoms with Crippen LogP contribution in [0.5, 0.6) is 5.75 Å². The molecule has 0 spiro atoms. The lowest BCUT2D eigenvalue weighted by Gasteiger charge is -2.49. The van der Waals surface area contributed by atoms with Gasteiger partial charge in [-0.1, -0.05) is 98.2 Å². The number of methoxy groups -OCH3 is 1. The van der Waals surface area contributed by atoms with E-state index in [0.29, 0.717) is 16.8 Å². The Hall–Kier alpha value is -2.73. The normalized spacial score (nSPS) is 17.8. The summed E-state index contributed by atoms with van der Waals surface area (Å²) >= 11 is 9.96. The predicted octanol–water partition coefficient (Wildman–Crippen LogP) is 6.17. The first kappa shape index (κ1) is 30.7. The van der Waals surface area contributed by atoms with Crippen LogP contribution in [0.1, 0.15) is 22.3 Å². The van der Waals surface area contributed by atoms with Crippen LogP contribution in [-0.4, -0.2) is 47.0 Å². The summed E-state index contributed by atoms with van der Waals surface area (Å²) < 4.78 is 10.9. The molecule has 2 amide bonds. The fraction of sp³-hybridized carbons (Fsp3) is 0.258. The fourth-order valence-corrected chi connectivity index (χ4v) is 8.24. The van der Waals surface area contributed by atoms with Gasteiger partial charge in [0.05, 0.1) is 13.5 Å². The Morgan fingerprint density at radius 1 is 0.976 bits per heavy atom. The molecule has 2 aliphatic rings. The molecule has 218 valence electrons. The second-order valence-electron chi connectivity index (χ2n) is 9.62. The molecule has 3 aromatic carbocycles. The lowest BCUT2D eigenvalue weighted by atomic mass is 10.0. The molecule has 0 saturated carbocycles. The number of fused-ring (bicyclic) bond motifs is 1. The molecule has 3 aromatic rings. The van der Waals surface area contributed by atoms with E-state index >= 15 is 0 Å². The van der Waals surface area contributed by atoms with Crippen LogP contribution in [0.3, 0.4) is 0 Å². The average Bonchev–Trinajstić information content (AvgIpc) is 3.03. The van der Waals surface area contributed by atoms with E-state index < -0.39 is 17.4 Å². The Morgan fingerprint density at radius 3 is 2.36 bits per heavy atom. The first-order valence-electron chi connectivity index (χ1n) is 13.1. The maximum Gasteiger partial charge on any atom is 0.356 e. The van der Waals surface area contributed by atoms with Crippen molar-refractivity contribution in [2.45, 2.75) is 40.0 Å². The van der Waals surface area contributed by atoms with Crippen molar-refractivity contribution in [2.75, 3.05) is 12.9 Å². The van der Waals surface area contributed by atoms with Crippen LogP contribution in [0.15, 0.2) is 88.3 Å². The smallest absolute Gasteiger partial charge is 0.356 e. The molecule has 0 aliphatic carbocycles. The largest absolute Gasteiger partial charge is 0.497 e. The van der Waals surface area contributed by atoms with Gasteiger partial charge >= 0.3 is 5.97 Å². The van der Waals surface area contributed by atoms with E-state index in [1.807, 2.05) is 60.7 Å². The Morgan fingerprint density at radius 2 is 1.67 bits per heavy atom. The van der Waals surface area contributed by atoms with Gasteiger partial charge in [-0.25, -0.2) is 4.79 Å². The molecule has 11 heteroatoms. The summed E-state index contributed by atoms with van der Waals surface area (Å²) in [6.45, 7) is 0.0517. The maximum atomic E-state index is 13.6. The van der Waals surface area contributed by atoms with E-state index in [4.69, 9.17) is 9.47 Å². The lowest BCUT2D eigenvalue weighted by Crippen LogP contribution is -2.70. The summed E-state index contributed by atoms with van der Waals surface area (Å²) in [4.78, 5) is 43.1. The van der Waals surface area contributed by atoms with Crippen LogP contribution in [0.2, 0.25) is 0 Å². The first-order valence-corrected chi connectivity index (χ1v) is 17.3.